The van der Waals surface area contributed by atoms with Gasteiger partial charge >= 0.3 is 6.09 Å². The zero-order valence-corrected chi connectivity index (χ0v) is 18.7. The monoisotopic (exact) mass is 512 g/mol. The summed E-state index contributed by atoms with van der Waals surface area (Å²) in [4.78, 5) is 18.0. The molecule has 152 valence electrons. The molecular weight excluding hydrogens is 486 g/mol. The highest BCUT2D eigenvalue weighted by atomic mass is 127. The van der Waals surface area contributed by atoms with Crippen LogP contribution in [0.2, 0.25) is 5.02 Å². The summed E-state index contributed by atoms with van der Waals surface area (Å²) in [5.41, 5.74) is 0.839. The third kappa shape index (κ3) is 7.69. The van der Waals surface area contributed by atoms with Crippen LogP contribution >= 0.6 is 35.6 Å². The number of carbonyl (C=O) groups excluding carboxylic acids is 1. The number of carbonyl (C=O) groups is 1. The van der Waals surface area contributed by atoms with Gasteiger partial charge in [0, 0.05) is 25.7 Å². The van der Waals surface area contributed by atoms with Crippen molar-refractivity contribution < 1.29 is 13.9 Å². The average molecular weight is 513 g/mol. The highest BCUT2D eigenvalue weighted by molar-refractivity contribution is 14.0. The molecule has 0 spiro atoms. The van der Waals surface area contributed by atoms with Crippen molar-refractivity contribution in [1.82, 2.24) is 15.5 Å². The second-order valence-electron chi connectivity index (χ2n) is 6.05. The van der Waals surface area contributed by atoms with E-state index < -0.39 is 5.82 Å². The molecule has 0 aromatic heterocycles. The van der Waals surface area contributed by atoms with Crippen LogP contribution in [0.25, 0.3) is 0 Å². The van der Waals surface area contributed by atoms with Crippen molar-refractivity contribution >= 4 is 47.6 Å². The van der Waals surface area contributed by atoms with Crippen molar-refractivity contribution in [2.24, 2.45) is 4.99 Å². The zero-order chi connectivity index (χ0) is 18.9. The van der Waals surface area contributed by atoms with Crippen LogP contribution in [0, 0.1) is 5.82 Å². The first-order chi connectivity index (χ1) is 12.5. The lowest BCUT2D eigenvalue weighted by molar-refractivity contribution is 0.0963. The Morgan fingerprint density at radius 1 is 1.37 bits per heavy atom. The van der Waals surface area contributed by atoms with E-state index in [1.54, 1.807) is 24.0 Å². The van der Waals surface area contributed by atoms with Crippen LogP contribution in [-0.2, 0) is 11.3 Å². The van der Waals surface area contributed by atoms with Gasteiger partial charge in [0.15, 0.2) is 5.96 Å². The molecule has 2 rings (SSSR count). The van der Waals surface area contributed by atoms with Crippen molar-refractivity contribution in [3.8, 4) is 0 Å². The summed E-state index contributed by atoms with van der Waals surface area (Å²) in [5.74, 6) is 0.264. The molecule has 0 radical (unpaired) electrons. The molecule has 0 aliphatic carbocycles. The number of benzene rings is 1. The smallest absolute Gasteiger partial charge is 0.409 e. The minimum atomic E-state index is -0.433. The minimum absolute atomic E-state index is 0. The molecule has 0 saturated carbocycles. The van der Waals surface area contributed by atoms with Gasteiger partial charge in [0.25, 0.3) is 0 Å². The largest absolute Gasteiger partial charge is 0.450 e. The maximum atomic E-state index is 13.2. The molecule has 0 atom stereocenters. The lowest BCUT2D eigenvalue weighted by atomic mass is 10.1. The van der Waals surface area contributed by atoms with Gasteiger partial charge in [0.05, 0.1) is 18.2 Å². The van der Waals surface area contributed by atoms with E-state index in [0.717, 1.165) is 24.9 Å². The zero-order valence-electron chi connectivity index (χ0n) is 15.6. The molecule has 1 saturated heterocycles. The number of nitrogens with one attached hydrogen (secondary N) is 2. The Balaban J connectivity index is 0.00000364. The molecule has 1 aromatic rings. The van der Waals surface area contributed by atoms with E-state index in [1.807, 2.05) is 6.92 Å². The van der Waals surface area contributed by atoms with E-state index in [0.29, 0.717) is 32.2 Å². The molecule has 0 bridgehead atoms. The van der Waals surface area contributed by atoms with E-state index in [1.165, 1.54) is 6.07 Å². The fourth-order valence-corrected chi connectivity index (χ4v) is 2.95. The number of likely N-dealkylation sites (tertiary alicyclic amines) is 1. The van der Waals surface area contributed by atoms with E-state index in [4.69, 9.17) is 16.3 Å². The summed E-state index contributed by atoms with van der Waals surface area (Å²) in [6.45, 7) is 6.64. The van der Waals surface area contributed by atoms with Gasteiger partial charge in [-0.15, -0.1) is 24.0 Å². The highest BCUT2D eigenvalue weighted by Crippen LogP contribution is 2.16. The van der Waals surface area contributed by atoms with Crippen LogP contribution in [0.4, 0.5) is 9.18 Å². The molecule has 9 heteroatoms. The molecule has 1 aliphatic rings. The first-order valence-electron chi connectivity index (χ1n) is 8.94. The third-order valence-electron chi connectivity index (χ3n) is 4.11. The second-order valence-corrected chi connectivity index (χ2v) is 6.46. The summed E-state index contributed by atoms with van der Waals surface area (Å²) >= 11 is 5.81. The van der Waals surface area contributed by atoms with Crippen molar-refractivity contribution in [1.29, 1.82) is 0 Å². The first kappa shape index (κ1) is 23.7. The highest BCUT2D eigenvalue weighted by Gasteiger charge is 2.24. The van der Waals surface area contributed by atoms with Gasteiger partial charge in [-0.1, -0.05) is 17.7 Å². The molecule has 1 fully saturated rings. The fraction of sp³-hybridized carbons (Fsp3) is 0.556. The van der Waals surface area contributed by atoms with Crippen LogP contribution in [-0.4, -0.2) is 49.2 Å². The van der Waals surface area contributed by atoms with Crippen LogP contribution in [0.1, 0.15) is 32.3 Å². The number of hydrogen-bond acceptors (Lipinski definition) is 3. The Labute approximate surface area is 181 Å². The Morgan fingerprint density at radius 2 is 2.07 bits per heavy atom. The third-order valence-corrected chi connectivity index (χ3v) is 4.40. The molecule has 1 aromatic carbocycles. The molecular formula is C18H27ClFIN4O2. The van der Waals surface area contributed by atoms with E-state index in [9.17, 15) is 9.18 Å². The normalized spacial score (nSPS) is 15.1. The van der Waals surface area contributed by atoms with Crippen LogP contribution in [0.5, 0.6) is 0 Å². The predicted octanol–water partition coefficient (Wildman–Crippen LogP) is 3.77. The number of hydrogen-bond donors (Lipinski definition) is 2. The Bertz CT molecular complexity index is 640. The molecule has 1 heterocycles. The number of amides is 1. The van der Waals surface area contributed by atoms with Crippen molar-refractivity contribution in [3.63, 3.8) is 0 Å². The number of halogens is 3. The Kier molecular flexibility index (Phi) is 10.8. The Morgan fingerprint density at radius 3 is 2.67 bits per heavy atom. The van der Waals surface area contributed by atoms with Crippen LogP contribution in [0.15, 0.2) is 23.2 Å². The quantitative estimate of drug-likeness (QED) is 0.358. The maximum absolute atomic E-state index is 13.2. The molecule has 0 unspecified atom stereocenters. The van der Waals surface area contributed by atoms with Crippen LogP contribution in [0.3, 0.4) is 0 Å². The number of piperidine rings is 1. The van der Waals surface area contributed by atoms with Gasteiger partial charge in [-0.2, -0.15) is 0 Å². The number of guanidine groups is 1. The number of ether oxygens (including phenoxy) is 1. The van der Waals surface area contributed by atoms with E-state index in [2.05, 4.69) is 15.6 Å². The lowest BCUT2D eigenvalue weighted by Crippen LogP contribution is -2.49. The van der Waals surface area contributed by atoms with Crippen molar-refractivity contribution in [2.75, 3.05) is 26.2 Å². The van der Waals surface area contributed by atoms with Crippen LogP contribution < -0.4 is 10.6 Å². The minimum Gasteiger partial charge on any atom is -0.450 e. The number of nitrogens with zero attached hydrogens (tertiary/aromatic N) is 2. The summed E-state index contributed by atoms with van der Waals surface area (Å²) < 4.78 is 18.3. The molecule has 2 N–H and O–H groups in total. The number of aliphatic imine (C=N–C) groups is 1. The molecule has 1 amide bonds. The standard InChI is InChI=1S/C18H26ClFN4O2.HI/c1-3-21-17(22-12-13-5-6-16(20)15(19)11-13)23-14-7-9-24(10-8-14)18(25)26-4-2;/h5-6,11,14H,3-4,7-10,12H2,1-2H3,(H2,21,22,23);1H. The summed E-state index contributed by atoms with van der Waals surface area (Å²) in [6, 6.07) is 4.84. The van der Waals surface area contributed by atoms with Gasteiger partial charge in [0.1, 0.15) is 5.82 Å². The van der Waals surface area contributed by atoms with Gasteiger partial charge < -0.3 is 20.3 Å². The maximum Gasteiger partial charge on any atom is 0.409 e. The summed E-state index contributed by atoms with van der Waals surface area (Å²) in [6.07, 6.45) is 1.40. The average Bonchev–Trinajstić information content (AvgIpc) is 2.63. The van der Waals surface area contributed by atoms with Gasteiger partial charge in [-0.05, 0) is 44.4 Å². The van der Waals surface area contributed by atoms with Crippen molar-refractivity contribution in [3.05, 3.63) is 34.6 Å². The SMILES string of the molecule is CCNC(=NCc1ccc(F)c(Cl)c1)NC1CCN(C(=O)OCC)CC1.I. The van der Waals surface area contributed by atoms with E-state index >= 15 is 0 Å². The topological polar surface area (TPSA) is 66.0 Å². The molecule has 6 nitrogen and oxygen atoms in total. The molecule has 27 heavy (non-hydrogen) atoms. The molecule has 1 aliphatic heterocycles. The van der Waals surface area contributed by atoms with E-state index in [-0.39, 0.29) is 41.1 Å². The number of rotatable bonds is 5. The fourth-order valence-electron chi connectivity index (χ4n) is 2.74. The van der Waals surface area contributed by atoms with Gasteiger partial charge in [0.2, 0.25) is 0 Å². The van der Waals surface area contributed by atoms with Crippen molar-refractivity contribution in [2.45, 2.75) is 39.3 Å². The summed E-state index contributed by atoms with van der Waals surface area (Å²) in [5, 5.41) is 6.70. The Hall–Kier alpha value is -1.29. The lowest BCUT2D eigenvalue weighted by Gasteiger charge is -2.32. The summed E-state index contributed by atoms with van der Waals surface area (Å²) in [7, 11) is 0. The second kappa shape index (κ2) is 12.2. The predicted molar refractivity (Wildman–Crippen MR) is 116 cm³/mol. The first-order valence-corrected chi connectivity index (χ1v) is 9.31. The van der Waals surface area contributed by atoms with Gasteiger partial charge in [-0.25, -0.2) is 14.2 Å². The van der Waals surface area contributed by atoms with Gasteiger partial charge in [-0.3, -0.25) is 0 Å².